The SMILES string of the molecule is CC1CCC(C)C(Nc2ccc(Br)cc2Cl)C1. The van der Waals surface area contributed by atoms with Crippen LogP contribution in [0.25, 0.3) is 0 Å². The minimum atomic E-state index is 0.553. The minimum absolute atomic E-state index is 0.553. The highest BCUT2D eigenvalue weighted by atomic mass is 79.9. The number of halogens is 2. The molecule has 1 aliphatic carbocycles. The van der Waals surface area contributed by atoms with Crippen molar-refractivity contribution in [3.63, 3.8) is 0 Å². The van der Waals surface area contributed by atoms with E-state index in [-0.39, 0.29) is 0 Å². The third-order valence-electron chi connectivity index (χ3n) is 3.73. The predicted octanol–water partition coefficient (Wildman–Crippen LogP) is 5.34. The number of benzene rings is 1. The zero-order valence-electron chi connectivity index (χ0n) is 10.3. The Morgan fingerprint density at radius 3 is 2.76 bits per heavy atom. The second-order valence-corrected chi connectivity index (χ2v) is 6.59. The van der Waals surface area contributed by atoms with Gasteiger partial charge in [-0.2, -0.15) is 0 Å². The smallest absolute Gasteiger partial charge is 0.0648 e. The van der Waals surface area contributed by atoms with E-state index in [2.05, 4.69) is 41.2 Å². The van der Waals surface area contributed by atoms with Crippen LogP contribution in [0.3, 0.4) is 0 Å². The van der Waals surface area contributed by atoms with Gasteiger partial charge in [0.2, 0.25) is 0 Å². The Labute approximate surface area is 117 Å². The molecule has 1 N–H and O–H groups in total. The largest absolute Gasteiger partial charge is 0.381 e. The highest BCUT2D eigenvalue weighted by Gasteiger charge is 2.25. The molecule has 1 fully saturated rings. The van der Waals surface area contributed by atoms with E-state index in [0.717, 1.165) is 27.0 Å². The molecule has 3 atom stereocenters. The van der Waals surface area contributed by atoms with Crippen LogP contribution in [0, 0.1) is 11.8 Å². The lowest BCUT2D eigenvalue weighted by molar-refractivity contribution is 0.281. The van der Waals surface area contributed by atoms with E-state index in [1.165, 1.54) is 19.3 Å². The van der Waals surface area contributed by atoms with Crippen molar-refractivity contribution >= 4 is 33.2 Å². The zero-order valence-corrected chi connectivity index (χ0v) is 12.7. The Hall–Kier alpha value is -0.210. The lowest BCUT2D eigenvalue weighted by Crippen LogP contribution is -2.33. The number of hydrogen-bond donors (Lipinski definition) is 1. The molecule has 1 aromatic carbocycles. The summed E-state index contributed by atoms with van der Waals surface area (Å²) in [5, 5.41) is 4.40. The van der Waals surface area contributed by atoms with Crippen LogP contribution in [0.2, 0.25) is 5.02 Å². The van der Waals surface area contributed by atoms with Crippen LogP contribution in [0.1, 0.15) is 33.1 Å². The molecule has 0 saturated heterocycles. The van der Waals surface area contributed by atoms with Gasteiger partial charge in [0.1, 0.15) is 0 Å². The van der Waals surface area contributed by atoms with Gasteiger partial charge in [0, 0.05) is 10.5 Å². The van der Waals surface area contributed by atoms with Crippen LogP contribution in [0.15, 0.2) is 22.7 Å². The number of nitrogens with one attached hydrogen (secondary N) is 1. The van der Waals surface area contributed by atoms with E-state index in [9.17, 15) is 0 Å². The fourth-order valence-electron chi connectivity index (χ4n) is 2.54. The summed E-state index contributed by atoms with van der Waals surface area (Å²) >= 11 is 9.67. The van der Waals surface area contributed by atoms with Crippen molar-refractivity contribution in [1.29, 1.82) is 0 Å². The fraction of sp³-hybridized carbons (Fsp3) is 0.571. The quantitative estimate of drug-likeness (QED) is 0.776. The van der Waals surface area contributed by atoms with Crippen molar-refractivity contribution in [2.45, 2.75) is 39.2 Å². The molecule has 0 heterocycles. The van der Waals surface area contributed by atoms with Crippen molar-refractivity contribution in [3.8, 4) is 0 Å². The molecule has 1 saturated carbocycles. The van der Waals surface area contributed by atoms with E-state index in [1.807, 2.05) is 12.1 Å². The van der Waals surface area contributed by atoms with Crippen LogP contribution in [-0.4, -0.2) is 6.04 Å². The van der Waals surface area contributed by atoms with Gasteiger partial charge < -0.3 is 5.32 Å². The van der Waals surface area contributed by atoms with Gasteiger partial charge in [-0.15, -0.1) is 0 Å². The lowest BCUT2D eigenvalue weighted by atomic mass is 9.80. The summed E-state index contributed by atoms with van der Waals surface area (Å²) in [4.78, 5) is 0. The van der Waals surface area contributed by atoms with Gasteiger partial charge in [0.05, 0.1) is 10.7 Å². The molecule has 94 valence electrons. The molecule has 1 nitrogen and oxygen atoms in total. The molecule has 3 unspecified atom stereocenters. The van der Waals surface area contributed by atoms with E-state index < -0.39 is 0 Å². The lowest BCUT2D eigenvalue weighted by Gasteiger charge is -2.34. The molecule has 0 bridgehead atoms. The maximum atomic E-state index is 6.24. The van der Waals surface area contributed by atoms with Crippen molar-refractivity contribution < 1.29 is 0 Å². The van der Waals surface area contributed by atoms with Crippen molar-refractivity contribution in [3.05, 3.63) is 27.7 Å². The molecule has 3 heteroatoms. The van der Waals surface area contributed by atoms with Crippen molar-refractivity contribution in [2.75, 3.05) is 5.32 Å². The zero-order chi connectivity index (χ0) is 12.4. The summed E-state index contributed by atoms with van der Waals surface area (Å²) in [6.07, 6.45) is 3.91. The molecule has 0 aromatic heterocycles. The van der Waals surface area contributed by atoms with Gasteiger partial charge in [-0.25, -0.2) is 0 Å². The van der Waals surface area contributed by atoms with Crippen LogP contribution in [-0.2, 0) is 0 Å². The Balaban J connectivity index is 2.08. The first-order valence-corrected chi connectivity index (χ1v) is 7.45. The molecule has 0 aliphatic heterocycles. The molecular formula is C14H19BrClN. The van der Waals surface area contributed by atoms with Crippen molar-refractivity contribution in [1.82, 2.24) is 0 Å². The number of hydrogen-bond acceptors (Lipinski definition) is 1. The first-order chi connectivity index (χ1) is 8.06. The summed E-state index contributed by atoms with van der Waals surface area (Å²) in [7, 11) is 0. The van der Waals surface area contributed by atoms with Crippen LogP contribution in [0.4, 0.5) is 5.69 Å². The van der Waals surface area contributed by atoms with Gasteiger partial charge >= 0.3 is 0 Å². The third-order valence-corrected chi connectivity index (χ3v) is 4.54. The summed E-state index contributed by atoms with van der Waals surface area (Å²) in [5.74, 6) is 1.55. The first-order valence-electron chi connectivity index (χ1n) is 6.28. The Morgan fingerprint density at radius 2 is 2.06 bits per heavy atom. The highest BCUT2D eigenvalue weighted by Crippen LogP contribution is 2.33. The maximum Gasteiger partial charge on any atom is 0.0648 e. The highest BCUT2D eigenvalue weighted by molar-refractivity contribution is 9.10. The molecule has 1 aromatic rings. The number of anilines is 1. The van der Waals surface area contributed by atoms with E-state index >= 15 is 0 Å². The molecule has 1 aliphatic rings. The van der Waals surface area contributed by atoms with Gasteiger partial charge in [-0.05, 0) is 42.9 Å². The van der Waals surface area contributed by atoms with Gasteiger partial charge in [-0.1, -0.05) is 47.8 Å². The van der Waals surface area contributed by atoms with E-state index in [0.29, 0.717) is 6.04 Å². The normalized spacial score (nSPS) is 29.1. The third kappa shape index (κ3) is 3.38. The predicted molar refractivity (Wildman–Crippen MR) is 78.7 cm³/mol. The topological polar surface area (TPSA) is 12.0 Å². The monoisotopic (exact) mass is 315 g/mol. The summed E-state index contributed by atoms with van der Waals surface area (Å²) in [6, 6.07) is 6.59. The minimum Gasteiger partial charge on any atom is -0.381 e. The summed E-state index contributed by atoms with van der Waals surface area (Å²) in [5.41, 5.74) is 1.06. The molecular weight excluding hydrogens is 298 g/mol. The van der Waals surface area contributed by atoms with Crippen LogP contribution in [0.5, 0.6) is 0 Å². The molecule has 0 radical (unpaired) electrons. The molecule has 17 heavy (non-hydrogen) atoms. The average Bonchev–Trinajstić information content (AvgIpc) is 2.27. The van der Waals surface area contributed by atoms with Crippen LogP contribution < -0.4 is 5.32 Å². The van der Waals surface area contributed by atoms with Crippen LogP contribution >= 0.6 is 27.5 Å². The second kappa shape index (κ2) is 5.62. The van der Waals surface area contributed by atoms with Gasteiger partial charge in [-0.3, -0.25) is 0 Å². The first kappa shape index (κ1) is 13.2. The number of rotatable bonds is 2. The molecule has 0 spiro atoms. The Morgan fingerprint density at radius 1 is 1.29 bits per heavy atom. The van der Waals surface area contributed by atoms with E-state index in [4.69, 9.17) is 11.6 Å². The molecule has 0 amide bonds. The van der Waals surface area contributed by atoms with Gasteiger partial charge in [0.25, 0.3) is 0 Å². The molecule has 2 rings (SSSR count). The van der Waals surface area contributed by atoms with E-state index in [1.54, 1.807) is 0 Å². The van der Waals surface area contributed by atoms with Gasteiger partial charge in [0.15, 0.2) is 0 Å². The van der Waals surface area contributed by atoms with Crippen molar-refractivity contribution in [2.24, 2.45) is 11.8 Å². The summed E-state index contributed by atoms with van der Waals surface area (Å²) in [6.45, 7) is 4.67. The maximum absolute atomic E-state index is 6.24. The summed E-state index contributed by atoms with van der Waals surface area (Å²) < 4.78 is 1.03. The second-order valence-electron chi connectivity index (χ2n) is 5.27. The average molecular weight is 317 g/mol. The fourth-order valence-corrected chi connectivity index (χ4v) is 3.27. The Bertz CT molecular complexity index is 394. The standard InChI is InChI=1S/C14H19BrClN/c1-9-3-4-10(2)14(7-9)17-13-6-5-11(15)8-12(13)16/h5-6,8-10,14,17H,3-4,7H2,1-2H3. The Kier molecular flexibility index (Phi) is 4.37.